The number of rotatable bonds is 4. The van der Waals surface area contributed by atoms with Crippen LogP contribution in [-0.2, 0) is 0 Å². The fraction of sp³-hybridized carbons (Fsp3) is 0.200. The van der Waals surface area contributed by atoms with Crippen LogP contribution in [0.1, 0.15) is 17.4 Å². The number of hydrogen-bond donors (Lipinski definition) is 1. The fourth-order valence-corrected chi connectivity index (χ4v) is 1.84. The first kappa shape index (κ1) is 14.0. The Morgan fingerprint density at radius 1 is 1.35 bits per heavy atom. The smallest absolute Gasteiger partial charge is 0.276 e. The Morgan fingerprint density at radius 2 is 2.15 bits per heavy atom. The maximum atomic E-state index is 13.2. The molecule has 20 heavy (non-hydrogen) atoms. The van der Waals surface area contributed by atoms with E-state index in [4.69, 9.17) is 0 Å². The van der Waals surface area contributed by atoms with Crippen molar-refractivity contribution in [2.75, 3.05) is 23.8 Å². The molecule has 0 spiro atoms. The quantitative estimate of drug-likeness (QED) is 0.931. The first-order chi connectivity index (χ1) is 9.61. The van der Waals surface area contributed by atoms with Crippen molar-refractivity contribution in [3.63, 3.8) is 0 Å². The Balaban J connectivity index is 2.24. The number of carbonyl (C=O) groups excluding carboxylic acids is 1. The van der Waals surface area contributed by atoms with Crippen LogP contribution in [0.2, 0.25) is 0 Å². The van der Waals surface area contributed by atoms with Gasteiger partial charge in [0, 0.05) is 31.2 Å². The van der Waals surface area contributed by atoms with E-state index in [0.29, 0.717) is 11.4 Å². The molecule has 0 aliphatic carbocycles. The summed E-state index contributed by atoms with van der Waals surface area (Å²) < 4.78 is 13.2. The van der Waals surface area contributed by atoms with Crippen LogP contribution in [0, 0.1) is 5.82 Å². The molecule has 4 nitrogen and oxygen atoms in total. The van der Waals surface area contributed by atoms with E-state index in [9.17, 15) is 9.18 Å². The minimum absolute atomic E-state index is 0.282. The van der Waals surface area contributed by atoms with Crippen molar-refractivity contribution < 1.29 is 9.18 Å². The van der Waals surface area contributed by atoms with Crippen LogP contribution in [0.4, 0.5) is 15.8 Å². The third kappa shape index (κ3) is 3.12. The molecule has 104 valence electrons. The Hall–Kier alpha value is -2.43. The number of hydrogen-bond acceptors (Lipinski definition) is 3. The molecule has 1 amide bonds. The van der Waals surface area contributed by atoms with Gasteiger partial charge in [0.1, 0.15) is 11.5 Å². The fourth-order valence-electron chi connectivity index (χ4n) is 1.84. The van der Waals surface area contributed by atoms with Crippen molar-refractivity contribution in [1.82, 2.24) is 4.98 Å². The molecule has 1 aromatic carbocycles. The molecule has 0 aliphatic heterocycles. The van der Waals surface area contributed by atoms with Gasteiger partial charge in [-0.1, -0.05) is 6.07 Å². The lowest BCUT2D eigenvalue weighted by Crippen LogP contribution is -2.27. The first-order valence-electron chi connectivity index (χ1n) is 6.35. The van der Waals surface area contributed by atoms with Crippen LogP contribution >= 0.6 is 0 Å². The first-order valence-corrected chi connectivity index (χ1v) is 6.35. The molecular weight excluding hydrogens is 257 g/mol. The van der Waals surface area contributed by atoms with Crippen molar-refractivity contribution >= 4 is 17.3 Å². The number of amides is 1. The number of benzene rings is 1. The van der Waals surface area contributed by atoms with E-state index in [-0.39, 0.29) is 11.7 Å². The highest BCUT2D eigenvalue weighted by atomic mass is 19.1. The van der Waals surface area contributed by atoms with Gasteiger partial charge in [0.15, 0.2) is 0 Å². The summed E-state index contributed by atoms with van der Waals surface area (Å²) in [6, 6.07) is 9.37. The molecule has 1 aromatic heterocycles. The number of carbonyl (C=O) groups is 1. The van der Waals surface area contributed by atoms with Gasteiger partial charge in [0.05, 0.1) is 0 Å². The van der Waals surface area contributed by atoms with Crippen LogP contribution < -0.4 is 10.2 Å². The highest BCUT2D eigenvalue weighted by Crippen LogP contribution is 2.17. The Kier molecular flexibility index (Phi) is 4.30. The average molecular weight is 273 g/mol. The van der Waals surface area contributed by atoms with Gasteiger partial charge >= 0.3 is 0 Å². The van der Waals surface area contributed by atoms with Gasteiger partial charge in [0.2, 0.25) is 0 Å². The monoisotopic (exact) mass is 273 g/mol. The van der Waals surface area contributed by atoms with Gasteiger partial charge in [-0.3, -0.25) is 9.78 Å². The molecule has 2 aromatic rings. The molecule has 0 fully saturated rings. The number of nitrogens with zero attached hydrogens (tertiary/aromatic N) is 2. The summed E-state index contributed by atoms with van der Waals surface area (Å²) in [6.45, 7) is 2.73. The lowest BCUT2D eigenvalue weighted by molar-refractivity contribution is 0.0988. The summed E-state index contributed by atoms with van der Waals surface area (Å²) in [4.78, 5) is 17.8. The summed E-state index contributed by atoms with van der Waals surface area (Å²) >= 11 is 0. The van der Waals surface area contributed by atoms with Crippen LogP contribution in [-0.4, -0.2) is 24.5 Å². The van der Waals surface area contributed by atoms with E-state index in [0.717, 1.165) is 12.2 Å². The van der Waals surface area contributed by atoms with Crippen LogP contribution in [0.5, 0.6) is 0 Å². The van der Waals surface area contributed by atoms with Crippen molar-refractivity contribution in [2.24, 2.45) is 0 Å². The normalized spacial score (nSPS) is 10.2. The standard InChI is InChI=1S/C15H16FN3O/c1-3-17-12-7-8-18-14(10-12)15(20)19(2)13-6-4-5-11(16)9-13/h4-10H,3H2,1-2H3,(H,17,18). The summed E-state index contributed by atoms with van der Waals surface area (Å²) in [6.07, 6.45) is 1.57. The third-order valence-electron chi connectivity index (χ3n) is 2.86. The van der Waals surface area contributed by atoms with Gasteiger partial charge in [-0.25, -0.2) is 4.39 Å². The summed E-state index contributed by atoms with van der Waals surface area (Å²) in [5.41, 5.74) is 1.64. The van der Waals surface area contributed by atoms with Gasteiger partial charge < -0.3 is 10.2 Å². The van der Waals surface area contributed by atoms with Crippen LogP contribution in [0.3, 0.4) is 0 Å². The maximum Gasteiger partial charge on any atom is 0.276 e. The Morgan fingerprint density at radius 3 is 2.85 bits per heavy atom. The molecule has 1 heterocycles. The summed E-state index contributed by atoms with van der Waals surface area (Å²) in [5.74, 6) is -0.660. The second kappa shape index (κ2) is 6.14. The minimum atomic E-state index is -0.378. The minimum Gasteiger partial charge on any atom is -0.385 e. The number of nitrogens with one attached hydrogen (secondary N) is 1. The van der Waals surface area contributed by atoms with Crippen LogP contribution in [0.15, 0.2) is 42.6 Å². The Bertz CT molecular complexity index is 616. The third-order valence-corrected chi connectivity index (χ3v) is 2.86. The Labute approximate surface area is 117 Å². The molecule has 0 bridgehead atoms. The van der Waals surface area contributed by atoms with Gasteiger partial charge in [-0.2, -0.15) is 0 Å². The molecule has 5 heteroatoms. The van der Waals surface area contributed by atoms with Crippen molar-refractivity contribution in [2.45, 2.75) is 6.92 Å². The van der Waals surface area contributed by atoms with Gasteiger partial charge in [-0.15, -0.1) is 0 Å². The molecule has 0 saturated heterocycles. The van der Waals surface area contributed by atoms with E-state index >= 15 is 0 Å². The second-order valence-corrected chi connectivity index (χ2v) is 4.30. The lowest BCUT2D eigenvalue weighted by Gasteiger charge is -2.17. The van der Waals surface area contributed by atoms with E-state index < -0.39 is 0 Å². The molecule has 0 aliphatic rings. The van der Waals surface area contributed by atoms with E-state index in [2.05, 4.69) is 10.3 Å². The zero-order valence-corrected chi connectivity index (χ0v) is 11.4. The molecular formula is C15H16FN3O. The van der Waals surface area contributed by atoms with E-state index in [1.165, 1.54) is 17.0 Å². The van der Waals surface area contributed by atoms with Crippen molar-refractivity contribution in [3.05, 3.63) is 54.1 Å². The highest BCUT2D eigenvalue weighted by molar-refractivity contribution is 6.04. The highest BCUT2D eigenvalue weighted by Gasteiger charge is 2.15. The van der Waals surface area contributed by atoms with Crippen molar-refractivity contribution in [3.8, 4) is 0 Å². The lowest BCUT2D eigenvalue weighted by atomic mass is 10.2. The zero-order valence-electron chi connectivity index (χ0n) is 11.4. The van der Waals surface area contributed by atoms with Gasteiger partial charge in [0.25, 0.3) is 5.91 Å². The molecule has 2 rings (SSSR count). The molecule has 0 unspecified atom stereocenters. The van der Waals surface area contributed by atoms with Gasteiger partial charge in [-0.05, 0) is 37.3 Å². The molecule has 0 radical (unpaired) electrons. The largest absolute Gasteiger partial charge is 0.385 e. The topological polar surface area (TPSA) is 45.2 Å². The second-order valence-electron chi connectivity index (χ2n) is 4.30. The number of pyridine rings is 1. The average Bonchev–Trinajstić information content (AvgIpc) is 2.46. The predicted octanol–water partition coefficient (Wildman–Crippen LogP) is 2.93. The summed E-state index contributed by atoms with van der Waals surface area (Å²) in [7, 11) is 1.60. The SMILES string of the molecule is CCNc1ccnc(C(=O)N(C)c2cccc(F)c2)c1. The maximum absolute atomic E-state index is 13.2. The number of halogens is 1. The molecule has 1 N–H and O–H groups in total. The molecule has 0 atom stereocenters. The zero-order chi connectivity index (χ0) is 14.5. The van der Waals surface area contributed by atoms with E-state index in [1.807, 2.05) is 6.92 Å². The van der Waals surface area contributed by atoms with E-state index in [1.54, 1.807) is 37.5 Å². The predicted molar refractivity (Wildman–Crippen MR) is 77.5 cm³/mol. The molecule has 0 saturated carbocycles. The number of anilines is 2. The number of aromatic nitrogens is 1. The van der Waals surface area contributed by atoms with Crippen molar-refractivity contribution in [1.29, 1.82) is 0 Å². The summed E-state index contributed by atoms with van der Waals surface area (Å²) in [5, 5.41) is 3.12. The van der Waals surface area contributed by atoms with Crippen LogP contribution in [0.25, 0.3) is 0 Å².